The first-order chi connectivity index (χ1) is 29.3. The summed E-state index contributed by atoms with van der Waals surface area (Å²) in [6.45, 7) is 5.59. The van der Waals surface area contributed by atoms with Crippen molar-refractivity contribution in [3.8, 4) is 11.5 Å². The Morgan fingerprint density at radius 2 is 1.38 bits per heavy atom. The summed E-state index contributed by atoms with van der Waals surface area (Å²) < 4.78 is 11.6. The third-order valence-corrected chi connectivity index (χ3v) is 11.3. The first kappa shape index (κ1) is 43.9. The number of nitro groups is 1. The molecule has 0 amide bonds. The lowest BCUT2D eigenvalue weighted by Gasteiger charge is -2.53. The second-order valence-electron chi connectivity index (χ2n) is 15.7. The number of aliphatic carboxylic acids is 2. The maximum Gasteiger partial charge on any atom is 0.312 e. The van der Waals surface area contributed by atoms with E-state index in [0.717, 1.165) is 16.7 Å². The minimum absolute atomic E-state index is 0.0720. The smallest absolute Gasteiger partial charge is 0.312 e. The van der Waals surface area contributed by atoms with E-state index in [1.807, 2.05) is 117 Å². The number of hydrogen-bond donors (Lipinski definition) is 3. The van der Waals surface area contributed by atoms with Crippen LogP contribution in [0.2, 0.25) is 0 Å². The lowest BCUT2D eigenvalue weighted by molar-refractivity contribution is -0.384. The molecule has 13 nitrogen and oxygen atoms in total. The minimum atomic E-state index is -1.42. The van der Waals surface area contributed by atoms with E-state index in [2.05, 4.69) is 9.89 Å². The highest BCUT2D eigenvalue weighted by Crippen LogP contribution is 2.46. The number of methoxy groups -OCH3 is 1. The summed E-state index contributed by atoms with van der Waals surface area (Å²) in [4.78, 5) is 48.6. The maximum atomic E-state index is 13.1. The van der Waals surface area contributed by atoms with Crippen LogP contribution in [-0.2, 0) is 15.1 Å². The van der Waals surface area contributed by atoms with Gasteiger partial charge in [0.05, 0.1) is 36.1 Å². The largest absolute Gasteiger partial charge is 0.493 e. The van der Waals surface area contributed by atoms with Crippen molar-refractivity contribution in [3.05, 3.63) is 172 Å². The standard InChI is InChI=1S/C48H50N4O9/c1-32-42(45(54)55)43(33-17-16-24-37(27-33)52(58)59)44(46(56)57)39(50-32)28-49-31-47(2,3)51(29-38(53)30-61-41-26-15-14-25-40(41)60-4)48(34-18-8-5-9-19-34,35-20-10-6-11-21-35)36-22-12-7-13-23-36/h5-28,38-39,42-44,53H,29-31H2,1-4H3,(H,54,55)(H,56,57). The average Bonchev–Trinajstić information content (AvgIpc) is 3.26. The summed E-state index contributed by atoms with van der Waals surface area (Å²) in [5.74, 6) is -5.55. The number of β-amino-alcohol motifs (C(OH)–C–C–N with tert-alkyl or cyclic N) is 1. The van der Waals surface area contributed by atoms with Gasteiger partial charge in [0, 0.05) is 42.1 Å². The highest BCUT2D eigenvalue weighted by Gasteiger charge is 2.50. The Labute approximate surface area is 354 Å². The molecular formula is C48H50N4O9. The fourth-order valence-electron chi connectivity index (χ4n) is 8.58. The molecule has 0 radical (unpaired) electrons. The first-order valence-corrected chi connectivity index (χ1v) is 19.9. The van der Waals surface area contributed by atoms with Gasteiger partial charge < -0.3 is 24.8 Å². The Hall–Kier alpha value is -6.70. The van der Waals surface area contributed by atoms with Crippen LogP contribution in [0.4, 0.5) is 5.69 Å². The van der Waals surface area contributed by atoms with Crippen LogP contribution in [0.3, 0.4) is 0 Å². The van der Waals surface area contributed by atoms with Crippen molar-refractivity contribution in [2.24, 2.45) is 21.8 Å². The molecule has 0 bridgehead atoms. The Bertz CT molecular complexity index is 2260. The van der Waals surface area contributed by atoms with Gasteiger partial charge in [-0.1, -0.05) is 115 Å². The maximum absolute atomic E-state index is 13.1. The number of hydrogen-bond acceptors (Lipinski definition) is 10. The summed E-state index contributed by atoms with van der Waals surface area (Å²) >= 11 is 0. The van der Waals surface area contributed by atoms with Crippen molar-refractivity contribution in [3.63, 3.8) is 0 Å². The lowest BCUT2D eigenvalue weighted by Crippen LogP contribution is -2.61. The van der Waals surface area contributed by atoms with Crippen molar-refractivity contribution >= 4 is 29.6 Å². The summed E-state index contributed by atoms with van der Waals surface area (Å²) in [7, 11) is 1.55. The van der Waals surface area contributed by atoms with Crippen molar-refractivity contribution in [2.45, 2.75) is 49.9 Å². The van der Waals surface area contributed by atoms with Gasteiger partial charge in [0.15, 0.2) is 11.5 Å². The van der Waals surface area contributed by atoms with Crippen LogP contribution in [0.25, 0.3) is 0 Å². The Morgan fingerprint density at radius 1 is 0.836 bits per heavy atom. The highest BCUT2D eigenvalue weighted by molar-refractivity contribution is 6.04. The predicted octanol–water partition coefficient (Wildman–Crippen LogP) is 7.52. The molecule has 5 aromatic carbocycles. The van der Waals surface area contributed by atoms with E-state index in [-0.39, 0.29) is 36.7 Å². The van der Waals surface area contributed by atoms with Gasteiger partial charge in [0.25, 0.3) is 5.69 Å². The number of aliphatic imine (C=N–C) groups is 2. The predicted molar refractivity (Wildman–Crippen MR) is 233 cm³/mol. The molecular weight excluding hydrogens is 777 g/mol. The Balaban J connectivity index is 1.46. The molecule has 0 aliphatic carbocycles. The third-order valence-electron chi connectivity index (χ3n) is 11.3. The zero-order valence-corrected chi connectivity index (χ0v) is 34.4. The number of ether oxygens (including phenoxy) is 2. The van der Waals surface area contributed by atoms with Crippen molar-refractivity contribution in [1.29, 1.82) is 0 Å². The summed E-state index contributed by atoms with van der Waals surface area (Å²) in [5.41, 5.74) is 0.898. The Morgan fingerprint density at radius 3 is 1.89 bits per heavy atom. The normalized spacial score (nSPS) is 18.6. The number of aliphatic hydroxyl groups is 1. The van der Waals surface area contributed by atoms with Crippen LogP contribution >= 0.6 is 0 Å². The second kappa shape index (κ2) is 19.1. The van der Waals surface area contributed by atoms with Gasteiger partial charge in [-0.3, -0.25) is 34.6 Å². The first-order valence-electron chi connectivity index (χ1n) is 19.9. The summed E-state index contributed by atoms with van der Waals surface area (Å²) in [6.07, 6.45) is 0.399. The number of nitrogens with zero attached hydrogens (tertiary/aromatic N) is 4. The zero-order chi connectivity index (χ0) is 43.7. The van der Waals surface area contributed by atoms with Crippen LogP contribution in [0.5, 0.6) is 11.5 Å². The SMILES string of the molecule is COc1ccccc1OCC(O)CN(C(C)(C)CN=CC1N=C(C)C(C(=O)O)C(c2cccc([N+](=O)[O-])c2)C1C(=O)O)C(c1ccccc1)(c1ccccc1)c1ccccc1. The van der Waals surface area contributed by atoms with Crippen LogP contribution < -0.4 is 9.47 Å². The van der Waals surface area contributed by atoms with E-state index < -0.39 is 57.8 Å². The van der Waals surface area contributed by atoms with Crippen LogP contribution in [0.1, 0.15) is 48.9 Å². The van der Waals surface area contributed by atoms with Crippen LogP contribution in [0.15, 0.2) is 150 Å². The van der Waals surface area contributed by atoms with Gasteiger partial charge in [-0.05, 0) is 55.2 Å². The van der Waals surface area contributed by atoms with Gasteiger partial charge in [0.2, 0.25) is 0 Å². The van der Waals surface area contributed by atoms with Crippen LogP contribution in [-0.4, -0.2) is 93.5 Å². The van der Waals surface area contributed by atoms with Gasteiger partial charge in [-0.15, -0.1) is 0 Å². The number of para-hydroxylation sites is 2. The molecule has 61 heavy (non-hydrogen) atoms. The number of benzene rings is 5. The quantitative estimate of drug-likeness (QED) is 0.0346. The number of carboxylic acids is 2. The molecule has 3 N–H and O–H groups in total. The van der Waals surface area contributed by atoms with Gasteiger partial charge in [0.1, 0.15) is 18.6 Å². The van der Waals surface area contributed by atoms with E-state index in [1.165, 1.54) is 37.4 Å². The van der Waals surface area contributed by atoms with E-state index in [9.17, 15) is 35.0 Å². The molecule has 0 fully saturated rings. The zero-order valence-electron chi connectivity index (χ0n) is 34.4. The fourth-order valence-corrected chi connectivity index (χ4v) is 8.58. The van der Waals surface area contributed by atoms with Crippen molar-refractivity contribution in [1.82, 2.24) is 4.90 Å². The molecule has 0 spiro atoms. The number of nitro benzene ring substituents is 1. The second-order valence-corrected chi connectivity index (χ2v) is 15.7. The average molecular weight is 827 g/mol. The van der Waals surface area contributed by atoms with E-state index in [4.69, 9.17) is 14.5 Å². The molecule has 5 unspecified atom stereocenters. The number of aliphatic hydroxyl groups excluding tert-OH is 1. The van der Waals surface area contributed by atoms with E-state index >= 15 is 0 Å². The third kappa shape index (κ3) is 9.38. The number of carboxylic acid groups (broad SMARTS) is 2. The minimum Gasteiger partial charge on any atom is -0.493 e. The molecule has 1 aliphatic rings. The number of carbonyl (C=O) groups is 2. The molecule has 1 heterocycles. The fraction of sp³-hybridized carbons (Fsp3) is 0.292. The molecule has 0 saturated carbocycles. The lowest BCUT2D eigenvalue weighted by atomic mass is 9.70. The van der Waals surface area contributed by atoms with Gasteiger partial charge in [-0.2, -0.15) is 0 Å². The molecule has 5 atom stereocenters. The topological polar surface area (TPSA) is 184 Å². The summed E-state index contributed by atoms with van der Waals surface area (Å²) in [5, 5.41) is 44.7. The van der Waals surface area contributed by atoms with E-state index in [0.29, 0.717) is 11.5 Å². The van der Waals surface area contributed by atoms with E-state index in [1.54, 1.807) is 19.2 Å². The van der Waals surface area contributed by atoms with Gasteiger partial charge in [-0.25, -0.2) is 0 Å². The Kier molecular flexibility index (Phi) is 13.8. The van der Waals surface area contributed by atoms with Crippen molar-refractivity contribution < 1.29 is 39.3 Å². The molecule has 1 aliphatic heterocycles. The van der Waals surface area contributed by atoms with Gasteiger partial charge >= 0.3 is 11.9 Å². The molecule has 0 saturated heterocycles. The molecule has 0 aromatic heterocycles. The molecule has 5 aromatic rings. The monoisotopic (exact) mass is 826 g/mol. The molecule has 6 rings (SSSR count). The van der Waals surface area contributed by atoms with Crippen molar-refractivity contribution in [2.75, 3.05) is 26.8 Å². The number of rotatable bonds is 18. The number of non-ortho nitro benzene ring substituents is 1. The highest BCUT2D eigenvalue weighted by atomic mass is 16.6. The molecule has 316 valence electrons. The molecule has 13 heteroatoms. The summed E-state index contributed by atoms with van der Waals surface area (Å²) in [6, 6.07) is 41.5. The van der Waals surface area contributed by atoms with Crippen LogP contribution in [0, 0.1) is 22.0 Å².